The quantitative estimate of drug-likeness (QED) is 0.246. The lowest BCUT2D eigenvalue weighted by Gasteiger charge is -2.25. The molecule has 1 aliphatic carbocycles. The van der Waals surface area contributed by atoms with Crippen LogP contribution >= 0.6 is 0 Å². The molecule has 0 aliphatic heterocycles. The van der Waals surface area contributed by atoms with Crippen LogP contribution < -0.4 is 20.1 Å². The van der Waals surface area contributed by atoms with Crippen molar-refractivity contribution < 1.29 is 17.9 Å². The summed E-state index contributed by atoms with van der Waals surface area (Å²) >= 11 is 0. The minimum absolute atomic E-state index is 0.0127. The molecule has 8 nitrogen and oxygen atoms in total. The molecule has 0 atom stereocenters. The SMILES string of the molecule is CN=C(NCCS(=O)(=O)NCC1CCC1)NCc1ccc(C)cc1OCCCOC. The molecule has 0 heterocycles. The van der Waals surface area contributed by atoms with Crippen LogP contribution in [-0.2, 0) is 21.3 Å². The van der Waals surface area contributed by atoms with E-state index in [1.807, 2.05) is 25.1 Å². The predicted octanol–water partition coefficient (Wildman–Crippen LogP) is 1.79. The Morgan fingerprint density at radius 2 is 2.03 bits per heavy atom. The molecule has 1 fully saturated rings. The summed E-state index contributed by atoms with van der Waals surface area (Å²) in [5, 5.41) is 6.29. The molecule has 1 saturated carbocycles. The average molecular weight is 441 g/mol. The van der Waals surface area contributed by atoms with Crippen molar-refractivity contribution in [3.8, 4) is 5.75 Å². The van der Waals surface area contributed by atoms with Gasteiger partial charge in [-0.15, -0.1) is 0 Å². The minimum atomic E-state index is -3.28. The number of methoxy groups -OCH3 is 1. The molecule has 0 bridgehead atoms. The van der Waals surface area contributed by atoms with Crippen LogP contribution in [0.4, 0.5) is 0 Å². The molecule has 0 radical (unpaired) electrons. The lowest BCUT2D eigenvalue weighted by Crippen LogP contribution is -2.41. The summed E-state index contributed by atoms with van der Waals surface area (Å²) in [5.41, 5.74) is 2.14. The average Bonchev–Trinajstić information content (AvgIpc) is 2.67. The largest absolute Gasteiger partial charge is 0.493 e. The zero-order valence-corrected chi connectivity index (χ0v) is 19.2. The third-order valence-electron chi connectivity index (χ3n) is 5.12. The van der Waals surface area contributed by atoms with Gasteiger partial charge in [0.05, 0.1) is 12.4 Å². The van der Waals surface area contributed by atoms with Gasteiger partial charge in [-0.05, 0) is 37.3 Å². The number of nitrogens with zero attached hydrogens (tertiary/aromatic N) is 1. The normalized spacial score (nSPS) is 15.0. The summed E-state index contributed by atoms with van der Waals surface area (Å²) in [5.74, 6) is 1.90. The van der Waals surface area contributed by atoms with Gasteiger partial charge in [0.25, 0.3) is 0 Å². The van der Waals surface area contributed by atoms with Crippen LogP contribution in [0, 0.1) is 12.8 Å². The lowest BCUT2D eigenvalue weighted by molar-refractivity contribution is 0.171. The van der Waals surface area contributed by atoms with E-state index in [2.05, 4.69) is 20.3 Å². The highest BCUT2D eigenvalue weighted by molar-refractivity contribution is 7.89. The molecule has 30 heavy (non-hydrogen) atoms. The molecule has 0 saturated heterocycles. The number of rotatable bonds is 13. The molecule has 0 amide bonds. The molecular weight excluding hydrogens is 404 g/mol. The van der Waals surface area contributed by atoms with Crippen LogP contribution in [0.15, 0.2) is 23.2 Å². The Morgan fingerprint density at radius 3 is 2.70 bits per heavy atom. The number of hydrogen-bond donors (Lipinski definition) is 3. The maximum Gasteiger partial charge on any atom is 0.213 e. The fraction of sp³-hybridized carbons (Fsp3) is 0.667. The van der Waals surface area contributed by atoms with E-state index in [4.69, 9.17) is 9.47 Å². The summed E-state index contributed by atoms with van der Waals surface area (Å²) in [4.78, 5) is 4.17. The van der Waals surface area contributed by atoms with Gasteiger partial charge in [0.15, 0.2) is 5.96 Å². The maximum absolute atomic E-state index is 12.1. The molecule has 0 spiro atoms. The van der Waals surface area contributed by atoms with E-state index in [0.29, 0.717) is 38.2 Å². The van der Waals surface area contributed by atoms with Crippen molar-refractivity contribution in [3.05, 3.63) is 29.3 Å². The molecule has 0 aromatic heterocycles. The number of ether oxygens (including phenoxy) is 2. The number of sulfonamides is 1. The van der Waals surface area contributed by atoms with Gasteiger partial charge >= 0.3 is 0 Å². The van der Waals surface area contributed by atoms with E-state index in [0.717, 1.165) is 36.1 Å². The topological polar surface area (TPSA) is 101 Å². The Balaban J connectivity index is 1.77. The molecule has 1 aromatic carbocycles. The number of aryl methyl sites for hydroxylation is 1. The van der Waals surface area contributed by atoms with Crippen LogP contribution in [-0.4, -0.2) is 60.6 Å². The van der Waals surface area contributed by atoms with Crippen LogP contribution in [0.25, 0.3) is 0 Å². The van der Waals surface area contributed by atoms with Crippen LogP contribution in [0.3, 0.4) is 0 Å². The van der Waals surface area contributed by atoms with E-state index in [-0.39, 0.29) is 12.3 Å². The van der Waals surface area contributed by atoms with E-state index in [1.54, 1.807) is 14.2 Å². The van der Waals surface area contributed by atoms with Gasteiger partial charge in [-0.25, -0.2) is 13.1 Å². The molecule has 9 heteroatoms. The second-order valence-corrected chi connectivity index (χ2v) is 9.55. The summed E-state index contributed by atoms with van der Waals surface area (Å²) in [7, 11) is 0.0636. The molecule has 1 aromatic rings. The monoisotopic (exact) mass is 440 g/mol. The van der Waals surface area contributed by atoms with Gasteiger partial charge < -0.3 is 20.1 Å². The van der Waals surface area contributed by atoms with E-state index in [1.165, 1.54) is 6.42 Å². The van der Waals surface area contributed by atoms with Crippen molar-refractivity contribution >= 4 is 16.0 Å². The zero-order valence-electron chi connectivity index (χ0n) is 18.4. The Kier molecular flexibility index (Phi) is 10.4. The van der Waals surface area contributed by atoms with Crippen LogP contribution in [0.1, 0.15) is 36.8 Å². The number of hydrogen-bond acceptors (Lipinski definition) is 5. The molecule has 2 rings (SSSR count). The van der Waals surface area contributed by atoms with E-state index >= 15 is 0 Å². The van der Waals surface area contributed by atoms with Crippen molar-refractivity contribution in [2.45, 2.75) is 39.2 Å². The third kappa shape index (κ3) is 8.89. The number of aliphatic imine (C=N–C) groups is 1. The summed E-state index contributed by atoms with van der Waals surface area (Å²) in [6.45, 7) is 4.63. The number of nitrogens with one attached hydrogen (secondary N) is 3. The fourth-order valence-corrected chi connectivity index (χ4v) is 4.05. The fourth-order valence-electron chi connectivity index (χ4n) is 3.04. The minimum Gasteiger partial charge on any atom is -0.493 e. The number of benzene rings is 1. The van der Waals surface area contributed by atoms with Crippen LogP contribution in [0.5, 0.6) is 5.75 Å². The van der Waals surface area contributed by atoms with Crippen molar-refractivity contribution in [1.29, 1.82) is 0 Å². The van der Waals surface area contributed by atoms with Crippen LogP contribution in [0.2, 0.25) is 0 Å². The van der Waals surface area contributed by atoms with Gasteiger partial charge in [-0.1, -0.05) is 18.6 Å². The second kappa shape index (κ2) is 12.8. The molecule has 0 unspecified atom stereocenters. The first-order valence-electron chi connectivity index (χ1n) is 10.6. The molecule has 170 valence electrons. The first kappa shape index (κ1) is 24.4. The third-order valence-corrected chi connectivity index (χ3v) is 6.47. The maximum atomic E-state index is 12.1. The molecular formula is C21H36N4O4S. The smallest absolute Gasteiger partial charge is 0.213 e. The van der Waals surface area contributed by atoms with Gasteiger partial charge in [0, 0.05) is 52.4 Å². The van der Waals surface area contributed by atoms with Crippen molar-refractivity contribution in [2.24, 2.45) is 10.9 Å². The highest BCUT2D eigenvalue weighted by Crippen LogP contribution is 2.25. The predicted molar refractivity (Wildman–Crippen MR) is 120 cm³/mol. The Hall–Kier alpha value is -1.84. The second-order valence-electron chi connectivity index (χ2n) is 7.62. The Labute approximate surface area is 180 Å². The highest BCUT2D eigenvalue weighted by Gasteiger charge is 2.20. The van der Waals surface area contributed by atoms with Crippen molar-refractivity contribution in [1.82, 2.24) is 15.4 Å². The molecule has 1 aliphatic rings. The van der Waals surface area contributed by atoms with Crippen molar-refractivity contribution in [2.75, 3.05) is 46.2 Å². The Morgan fingerprint density at radius 1 is 1.23 bits per heavy atom. The zero-order chi connectivity index (χ0) is 21.8. The first-order chi connectivity index (χ1) is 14.4. The van der Waals surface area contributed by atoms with E-state index in [9.17, 15) is 8.42 Å². The van der Waals surface area contributed by atoms with Crippen molar-refractivity contribution in [3.63, 3.8) is 0 Å². The van der Waals surface area contributed by atoms with Gasteiger partial charge in [0.1, 0.15) is 5.75 Å². The van der Waals surface area contributed by atoms with Gasteiger partial charge in [-0.3, -0.25) is 4.99 Å². The Bertz CT molecular complexity index is 779. The van der Waals surface area contributed by atoms with E-state index < -0.39 is 10.0 Å². The van der Waals surface area contributed by atoms with Gasteiger partial charge in [-0.2, -0.15) is 0 Å². The summed E-state index contributed by atoms with van der Waals surface area (Å²) in [6, 6.07) is 6.08. The number of guanidine groups is 1. The van der Waals surface area contributed by atoms with Gasteiger partial charge in [0.2, 0.25) is 10.0 Å². The summed E-state index contributed by atoms with van der Waals surface area (Å²) in [6.07, 6.45) is 4.27. The highest BCUT2D eigenvalue weighted by atomic mass is 32.2. The first-order valence-corrected chi connectivity index (χ1v) is 12.2. The lowest BCUT2D eigenvalue weighted by atomic mass is 9.86. The summed E-state index contributed by atoms with van der Waals surface area (Å²) < 4.78 is 37.9. The standard InChI is InChI=1S/C21H36N4O4S/c1-17-8-9-19(20(14-17)29-12-5-11-28-3)16-24-21(22-2)23-10-13-30(26,27)25-15-18-6-4-7-18/h8-9,14,18,25H,4-7,10-13,15-16H2,1-3H3,(H2,22,23,24). The molecule has 3 N–H and O–H groups in total.